The molecule has 7 heteroatoms. The van der Waals surface area contributed by atoms with E-state index < -0.39 is 0 Å². The smallest absolute Gasteiger partial charge is 0.232 e. The third-order valence-corrected chi connectivity index (χ3v) is 5.20. The molecule has 29 heavy (non-hydrogen) atoms. The molecule has 1 saturated carbocycles. The van der Waals surface area contributed by atoms with Crippen LogP contribution < -0.4 is 10.1 Å². The van der Waals surface area contributed by atoms with Crippen LogP contribution in [0.1, 0.15) is 31.2 Å². The Balaban J connectivity index is 1.40. The van der Waals surface area contributed by atoms with Gasteiger partial charge in [-0.05, 0) is 36.3 Å². The molecule has 2 aromatic heterocycles. The van der Waals surface area contributed by atoms with Crippen LogP contribution in [-0.4, -0.2) is 40.2 Å². The summed E-state index contributed by atoms with van der Waals surface area (Å²) in [5.41, 5.74) is 0.933. The van der Waals surface area contributed by atoms with E-state index in [1.54, 1.807) is 31.8 Å². The molecule has 0 spiro atoms. The Kier molecular flexibility index (Phi) is 5.95. The topological polar surface area (TPSA) is 86.2 Å². The number of aromatic nitrogens is 3. The summed E-state index contributed by atoms with van der Waals surface area (Å²) in [4.78, 5) is 25.2. The van der Waals surface area contributed by atoms with Gasteiger partial charge in [0.1, 0.15) is 6.10 Å². The molecule has 1 aliphatic carbocycles. The van der Waals surface area contributed by atoms with E-state index in [0.717, 1.165) is 42.0 Å². The highest BCUT2D eigenvalue weighted by Gasteiger charge is 2.23. The maximum absolute atomic E-state index is 12.5. The van der Waals surface area contributed by atoms with Gasteiger partial charge < -0.3 is 9.47 Å². The monoisotopic (exact) mass is 392 g/mol. The summed E-state index contributed by atoms with van der Waals surface area (Å²) in [6.45, 7) is 0. The largest absolute Gasteiger partial charge is 0.474 e. The van der Waals surface area contributed by atoms with Gasteiger partial charge in [0.05, 0.1) is 12.5 Å². The van der Waals surface area contributed by atoms with E-state index in [1.165, 1.54) is 0 Å². The predicted molar refractivity (Wildman–Crippen MR) is 110 cm³/mol. The first kappa shape index (κ1) is 19.3. The Morgan fingerprint density at radius 2 is 2.07 bits per heavy atom. The zero-order valence-electron chi connectivity index (χ0n) is 16.4. The normalized spacial score (nSPS) is 19.1. The second-order valence-corrected chi connectivity index (χ2v) is 7.22. The summed E-state index contributed by atoms with van der Waals surface area (Å²) in [7, 11) is 1.73. The van der Waals surface area contributed by atoms with Crippen molar-refractivity contribution in [3.05, 3.63) is 54.5 Å². The van der Waals surface area contributed by atoms with Crippen molar-refractivity contribution in [2.24, 2.45) is 0 Å². The summed E-state index contributed by atoms with van der Waals surface area (Å²) < 4.78 is 11.4. The number of amides is 1. The molecule has 1 amide bonds. The van der Waals surface area contributed by atoms with Crippen molar-refractivity contribution < 1.29 is 14.3 Å². The number of nitrogens with one attached hydrogen (secondary N) is 1. The van der Waals surface area contributed by atoms with E-state index in [1.807, 2.05) is 24.3 Å². The number of carbonyl (C=O) groups excluding carboxylic acids is 1. The standard InChI is InChI=1S/C22H24N4O3/c1-28-17-6-3-7-18(13-17)29-21-9-11-24-22(26-21)25-20(27)12-15-4-2-5-16-14-23-10-8-19(15)16/h2,4-5,8-11,14,17-18H,3,6-7,12-13H2,1H3,(H,24,25,26,27). The number of rotatable bonds is 6. The second-order valence-electron chi connectivity index (χ2n) is 7.22. The molecule has 1 fully saturated rings. The lowest BCUT2D eigenvalue weighted by atomic mass is 9.95. The van der Waals surface area contributed by atoms with Crippen LogP contribution in [0.5, 0.6) is 5.88 Å². The van der Waals surface area contributed by atoms with E-state index in [0.29, 0.717) is 5.88 Å². The maximum atomic E-state index is 12.5. The number of methoxy groups -OCH3 is 1. The minimum atomic E-state index is -0.177. The average Bonchev–Trinajstić information content (AvgIpc) is 2.74. The van der Waals surface area contributed by atoms with Crippen molar-refractivity contribution in [1.82, 2.24) is 15.0 Å². The fraction of sp³-hybridized carbons (Fsp3) is 0.364. The first-order valence-corrected chi connectivity index (χ1v) is 9.85. The lowest BCUT2D eigenvalue weighted by Crippen LogP contribution is -2.29. The zero-order valence-corrected chi connectivity index (χ0v) is 16.4. The number of fused-ring (bicyclic) bond motifs is 1. The highest BCUT2D eigenvalue weighted by Crippen LogP contribution is 2.25. The van der Waals surface area contributed by atoms with Gasteiger partial charge in [-0.15, -0.1) is 0 Å². The van der Waals surface area contributed by atoms with Gasteiger partial charge in [-0.3, -0.25) is 15.1 Å². The third kappa shape index (κ3) is 4.86. The maximum Gasteiger partial charge on any atom is 0.232 e. The number of hydrogen-bond donors (Lipinski definition) is 1. The van der Waals surface area contributed by atoms with E-state index in [-0.39, 0.29) is 30.5 Å². The lowest BCUT2D eigenvalue weighted by Gasteiger charge is -2.28. The van der Waals surface area contributed by atoms with Gasteiger partial charge >= 0.3 is 0 Å². The van der Waals surface area contributed by atoms with Crippen molar-refractivity contribution in [3.63, 3.8) is 0 Å². The van der Waals surface area contributed by atoms with Crippen LogP contribution in [-0.2, 0) is 16.0 Å². The molecule has 1 N–H and O–H groups in total. The quantitative estimate of drug-likeness (QED) is 0.690. The van der Waals surface area contributed by atoms with Crippen molar-refractivity contribution >= 4 is 22.6 Å². The molecule has 0 aliphatic heterocycles. The van der Waals surface area contributed by atoms with Gasteiger partial charge in [0.2, 0.25) is 17.7 Å². The van der Waals surface area contributed by atoms with Crippen LogP contribution in [0.2, 0.25) is 0 Å². The number of anilines is 1. The number of carbonyl (C=O) groups is 1. The molecule has 0 bridgehead atoms. The Morgan fingerprint density at radius 3 is 2.97 bits per heavy atom. The summed E-state index contributed by atoms with van der Waals surface area (Å²) in [5, 5.41) is 4.79. The molecule has 2 atom stereocenters. The molecule has 1 aromatic carbocycles. The van der Waals surface area contributed by atoms with Gasteiger partial charge in [-0.25, -0.2) is 4.98 Å². The SMILES string of the molecule is COC1CCCC(Oc2ccnc(NC(=O)Cc3cccc4cnccc34)n2)C1. The van der Waals surface area contributed by atoms with Gasteiger partial charge in [0.25, 0.3) is 0 Å². The van der Waals surface area contributed by atoms with Crippen LogP contribution in [0.4, 0.5) is 5.95 Å². The fourth-order valence-electron chi connectivity index (χ4n) is 3.75. The zero-order chi connectivity index (χ0) is 20.1. The minimum Gasteiger partial charge on any atom is -0.474 e. The number of hydrogen-bond acceptors (Lipinski definition) is 6. The number of ether oxygens (including phenoxy) is 2. The number of nitrogens with zero attached hydrogens (tertiary/aromatic N) is 3. The van der Waals surface area contributed by atoms with Gasteiger partial charge in [-0.1, -0.05) is 18.2 Å². The highest BCUT2D eigenvalue weighted by molar-refractivity contribution is 5.95. The second kappa shape index (κ2) is 8.96. The molecule has 150 valence electrons. The molecule has 1 aliphatic rings. The van der Waals surface area contributed by atoms with Crippen molar-refractivity contribution in [2.45, 2.75) is 44.3 Å². The Morgan fingerprint density at radius 1 is 1.17 bits per heavy atom. The number of pyridine rings is 1. The van der Waals surface area contributed by atoms with Crippen LogP contribution in [0, 0.1) is 0 Å². The fourth-order valence-corrected chi connectivity index (χ4v) is 3.75. The van der Waals surface area contributed by atoms with Crippen LogP contribution in [0.25, 0.3) is 10.8 Å². The minimum absolute atomic E-state index is 0.0662. The Hall–Kier alpha value is -3.06. The molecule has 4 rings (SSSR count). The highest BCUT2D eigenvalue weighted by atomic mass is 16.5. The van der Waals surface area contributed by atoms with E-state index in [2.05, 4.69) is 20.3 Å². The molecule has 0 radical (unpaired) electrons. The average molecular weight is 392 g/mol. The van der Waals surface area contributed by atoms with Gasteiger partial charge in [0.15, 0.2) is 0 Å². The molecule has 3 aromatic rings. The molecule has 7 nitrogen and oxygen atoms in total. The molecular formula is C22H24N4O3. The summed E-state index contributed by atoms with van der Waals surface area (Å²) in [6.07, 6.45) is 9.59. The third-order valence-electron chi connectivity index (χ3n) is 5.20. The molecule has 2 unspecified atom stereocenters. The summed E-state index contributed by atoms with van der Waals surface area (Å²) in [5.74, 6) is 0.533. The van der Waals surface area contributed by atoms with Crippen molar-refractivity contribution in [2.75, 3.05) is 12.4 Å². The first-order chi connectivity index (χ1) is 14.2. The number of benzene rings is 1. The molecule has 2 heterocycles. The van der Waals surface area contributed by atoms with Crippen LogP contribution in [0.15, 0.2) is 48.9 Å². The van der Waals surface area contributed by atoms with E-state index in [9.17, 15) is 4.79 Å². The van der Waals surface area contributed by atoms with E-state index >= 15 is 0 Å². The van der Waals surface area contributed by atoms with Gasteiger partial charge in [-0.2, -0.15) is 4.98 Å². The lowest BCUT2D eigenvalue weighted by molar-refractivity contribution is -0.115. The Bertz CT molecular complexity index is 989. The van der Waals surface area contributed by atoms with Crippen LogP contribution >= 0.6 is 0 Å². The summed E-state index contributed by atoms with van der Waals surface area (Å²) >= 11 is 0. The predicted octanol–water partition coefficient (Wildman–Crippen LogP) is 3.54. The van der Waals surface area contributed by atoms with Crippen molar-refractivity contribution in [1.29, 1.82) is 0 Å². The molecule has 0 saturated heterocycles. The van der Waals surface area contributed by atoms with Gasteiger partial charge in [0, 0.05) is 43.6 Å². The van der Waals surface area contributed by atoms with Crippen molar-refractivity contribution in [3.8, 4) is 5.88 Å². The first-order valence-electron chi connectivity index (χ1n) is 9.85. The summed E-state index contributed by atoms with van der Waals surface area (Å²) in [6, 6.07) is 9.48. The van der Waals surface area contributed by atoms with Crippen LogP contribution in [0.3, 0.4) is 0 Å². The van der Waals surface area contributed by atoms with E-state index in [4.69, 9.17) is 9.47 Å². The molecular weight excluding hydrogens is 368 g/mol. The Labute approximate surface area is 169 Å².